The van der Waals surface area contributed by atoms with Crippen molar-refractivity contribution in [1.29, 1.82) is 0 Å². The van der Waals surface area contributed by atoms with E-state index in [1.165, 1.54) is 44.3 Å². The van der Waals surface area contributed by atoms with Gasteiger partial charge in [-0.2, -0.15) is 0 Å². The van der Waals surface area contributed by atoms with E-state index in [0.29, 0.717) is 36.1 Å². The zero-order chi connectivity index (χ0) is 28.6. The van der Waals surface area contributed by atoms with E-state index in [2.05, 4.69) is 102 Å². The Labute approximate surface area is 242 Å². The van der Waals surface area contributed by atoms with Crippen LogP contribution in [-0.4, -0.2) is 60.0 Å². The van der Waals surface area contributed by atoms with E-state index >= 15 is 0 Å². The lowest BCUT2D eigenvalue weighted by Crippen LogP contribution is -2.59. The summed E-state index contributed by atoms with van der Waals surface area (Å²) in [5.41, 5.74) is 1.66. The molecule has 39 heavy (non-hydrogen) atoms. The Morgan fingerprint density at radius 3 is 1.77 bits per heavy atom. The van der Waals surface area contributed by atoms with Crippen molar-refractivity contribution < 1.29 is 9.47 Å². The van der Waals surface area contributed by atoms with Crippen molar-refractivity contribution in [2.24, 2.45) is 11.8 Å². The van der Waals surface area contributed by atoms with Crippen LogP contribution in [0.2, 0.25) is 0 Å². The average molecular weight is 543 g/mol. The second-order valence-electron chi connectivity index (χ2n) is 14.4. The number of nitrogens with zero attached hydrogens (tertiary/aromatic N) is 2. The number of benzene rings is 1. The molecule has 0 saturated carbocycles. The molecule has 2 heterocycles. The molecule has 2 fully saturated rings. The van der Waals surface area contributed by atoms with Gasteiger partial charge in [-0.05, 0) is 103 Å². The van der Waals surface area contributed by atoms with Crippen molar-refractivity contribution in [1.82, 2.24) is 4.90 Å². The Balaban J connectivity index is 1.36. The molecule has 3 rings (SSSR count). The Hall–Kier alpha value is -1.10. The van der Waals surface area contributed by atoms with E-state index in [4.69, 9.17) is 9.47 Å². The summed E-state index contributed by atoms with van der Waals surface area (Å²) in [5, 5.41) is 0. The molecule has 224 valence electrons. The number of ether oxygens (including phenoxy) is 2. The molecule has 4 atom stereocenters. The van der Waals surface area contributed by atoms with Gasteiger partial charge in [0.25, 0.3) is 0 Å². The minimum atomic E-state index is 0.0897. The van der Waals surface area contributed by atoms with E-state index in [0.717, 1.165) is 38.9 Å². The number of anilines is 1. The number of hydrogen-bond donors (Lipinski definition) is 0. The largest absolute Gasteiger partial charge is 0.378 e. The Morgan fingerprint density at radius 2 is 1.26 bits per heavy atom. The minimum Gasteiger partial charge on any atom is -0.378 e. The van der Waals surface area contributed by atoms with Gasteiger partial charge >= 0.3 is 0 Å². The highest BCUT2D eigenvalue weighted by Crippen LogP contribution is 2.40. The zero-order valence-electron chi connectivity index (χ0n) is 27.0. The first kappa shape index (κ1) is 32.4. The molecule has 1 aromatic rings. The quantitative estimate of drug-likeness (QED) is 0.219. The van der Waals surface area contributed by atoms with Crippen molar-refractivity contribution >= 4 is 5.69 Å². The SMILES string of the molecule is CCCN1C(C(C)C)CC(OCCCCCCOC2CC(C(C)C)N(c3ccccc3)C(C)(C)C2)CC1(C)C. The summed E-state index contributed by atoms with van der Waals surface area (Å²) in [6, 6.07) is 12.1. The van der Waals surface area contributed by atoms with Gasteiger partial charge in [-0.15, -0.1) is 0 Å². The Kier molecular flexibility index (Phi) is 12.2. The van der Waals surface area contributed by atoms with Crippen molar-refractivity contribution in [2.75, 3.05) is 24.7 Å². The first-order chi connectivity index (χ1) is 18.5. The third kappa shape index (κ3) is 8.94. The number of piperidine rings is 2. The van der Waals surface area contributed by atoms with Crippen LogP contribution in [0.25, 0.3) is 0 Å². The number of rotatable bonds is 14. The predicted octanol–water partition coefficient (Wildman–Crippen LogP) is 8.73. The number of likely N-dealkylation sites (tertiary alicyclic amines) is 1. The molecule has 1 aromatic carbocycles. The fourth-order valence-electron chi connectivity index (χ4n) is 7.52. The molecule has 2 aliphatic heterocycles. The van der Waals surface area contributed by atoms with Gasteiger partial charge in [0, 0.05) is 42.1 Å². The standard InChI is InChI=1S/C35H62N2O2/c1-10-20-36-32(27(2)3)23-30(25-34(36,6)7)38-21-16-11-12-17-22-39-31-24-33(28(4)5)37(35(8,9)26-31)29-18-14-13-15-19-29/h13-15,18-19,27-28,30-33H,10-12,16-17,20-26H2,1-9H3. The first-order valence-corrected chi connectivity index (χ1v) is 16.3. The molecular formula is C35H62N2O2. The van der Waals surface area contributed by atoms with Crippen LogP contribution < -0.4 is 4.90 Å². The lowest BCUT2D eigenvalue weighted by atomic mass is 9.80. The van der Waals surface area contributed by atoms with Crippen LogP contribution in [-0.2, 0) is 9.47 Å². The number of hydrogen-bond acceptors (Lipinski definition) is 4. The molecule has 2 aliphatic rings. The smallest absolute Gasteiger partial charge is 0.0617 e. The van der Waals surface area contributed by atoms with Crippen LogP contribution in [0.15, 0.2) is 30.3 Å². The van der Waals surface area contributed by atoms with Crippen molar-refractivity contribution in [2.45, 2.75) is 155 Å². The van der Waals surface area contributed by atoms with E-state index < -0.39 is 0 Å². The van der Waals surface area contributed by atoms with E-state index in [9.17, 15) is 0 Å². The van der Waals surface area contributed by atoms with Gasteiger partial charge in [-0.1, -0.05) is 65.7 Å². The molecule has 0 aliphatic carbocycles. The molecule has 4 nitrogen and oxygen atoms in total. The summed E-state index contributed by atoms with van der Waals surface area (Å²) >= 11 is 0. The molecule has 4 unspecified atom stereocenters. The molecule has 0 bridgehead atoms. The predicted molar refractivity (Wildman–Crippen MR) is 168 cm³/mol. The second-order valence-corrected chi connectivity index (χ2v) is 14.4. The summed E-state index contributed by atoms with van der Waals surface area (Å²) in [4.78, 5) is 5.42. The third-order valence-electron chi connectivity index (χ3n) is 9.41. The summed E-state index contributed by atoms with van der Waals surface area (Å²) in [7, 11) is 0. The first-order valence-electron chi connectivity index (χ1n) is 16.3. The highest BCUT2D eigenvalue weighted by Gasteiger charge is 2.43. The highest BCUT2D eigenvalue weighted by molar-refractivity contribution is 5.50. The molecule has 0 amide bonds. The maximum absolute atomic E-state index is 6.51. The Bertz CT molecular complexity index is 821. The third-order valence-corrected chi connectivity index (χ3v) is 9.41. The van der Waals surface area contributed by atoms with Crippen LogP contribution in [0.4, 0.5) is 5.69 Å². The molecular weight excluding hydrogens is 480 g/mol. The van der Waals surface area contributed by atoms with Crippen molar-refractivity contribution in [3.63, 3.8) is 0 Å². The van der Waals surface area contributed by atoms with Gasteiger partial charge in [-0.25, -0.2) is 0 Å². The fraction of sp³-hybridized carbons (Fsp3) is 0.829. The van der Waals surface area contributed by atoms with Crippen LogP contribution in [0.1, 0.15) is 120 Å². The van der Waals surface area contributed by atoms with Crippen LogP contribution >= 0.6 is 0 Å². The van der Waals surface area contributed by atoms with Crippen molar-refractivity contribution in [3.05, 3.63) is 30.3 Å². The van der Waals surface area contributed by atoms with Gasteiger partial charge in [0.2, 0.25) is 0 Å². The molecule has 0 aromatic heterocycles. The lowest BCUT2D eigenvalue weighted by Gasteiger charge is -2.53. The van der Waals surface area contributed by atoms with E-state index in [1.807, 2.05) is 0 Å². The molecule has 2 saturated heterocycles. The second kappa shape index (κ2) is 14.7. The lowest BCUT2D eigenvalue weighted by molar-refractivity contribution is -0.0840. The topological polar surface area (TPSA) is 24.9 Å². The summed E-state index contributed by atoms with van der Waals surface area (Å²) in [5.74, 6) is 1.27. The molecule has 0 spiro atoms. The van der Waals surface area contributed by atoms with Gasteiger partial charge < -0.3 is 14.4 Å². The van der Waals surface area contributed by atoms with Gasteiger partial charge in [0.15, 0.2) is 0 Å². The zero-order valence-corrected chi connectivity index (χ0v) is 27.0. The summed E-state index contributed by atoms with van der Waals surface area (Å²) in [6.07, 6.45) is 11.3. The maximum Gasteiger partial charge on any atom is 0.0617 e. The molecule has 4 heteroatoms. The highest BCUT2D eigenvalue weighted by atomic mass is 16.5. The average Bonchev–Trinajstić information content (AvgIpc) is 2.86. The van der Waals surface area contributed by atoms with E-state index in [1.54, 1.807) is 0 Å². The molecule has 0 N–H and O–H groups in total. The molecule has 0 radical (unpaired) electrons. The van der Waals surface area contributed by atoms with Gasteiger partial charge in [0.1, 0.15) is 0 Å². The van der Waals surface area contributed by atoms with Crippen LogP contribution in [0.5, 0.6) is 0 Å². The monoisotopic (exact) mass is 542 g/mol. The van der Waals surface area contributed by atoms with E-state index in [-0.39, 0.29) is 11.1 Å². The van der Waals surface area contributed by atoms with Gasteiger partial charge in [0.05, 0.1) is 12.2 Å². The number of unbranched alkanes of at least 4 members (excludes halogenated alkanes) is 3. The maximum atomic E-state index is 6.51. The van der Waals surface area contributed by atoms with Crippen LogP contribution in [0, 0.1) is 11.8 Å². The van der Waals surface area contributed by atoms with Crippen LogP contribution in [0.3, 0.4) is 0 Å². The fourth-order valence-corrected chi connectivity index (χ4v) is 7.52. The number of para-hydroxylation sites is 1. The normalized spacial score (nSPS) is 27.4. The Morgan fingerprint density at radius 1 is 0.744 bits per heavy atom. The summed E-state index contributed by atoms with van der Waals surface area (Å²) < 4.78 is 13.0. The summed E-state index contributed by atoms with van der Waals surface area (Å²) in [6.45, 7) is 24.4. The minimum absolute atomic E-state index is 0.0897. The van der Waals surface area contributed by atoms with Crippen molar-refractivity contribution in [3.8, 4) is 0 Å². The van der Waals surface area contributed by atoms with Gasteiger partial charge in [-0.3, -0.25) is 4.90 Å².